The van der Waals surface area contributed by atoms with Gasteiger partial charge >= 0.3 is 0 Å². The quantitative estimate of drug-likeness (QED) is 0.793. The van der Waals surface area contributed by atoms with Crippen LogP contribution >= 0.6 is 0 Å². The number of rotatable bonds is 2. The van der Waals surface area contributed by atoms with Crippen LogP contribution in [0, 0.1) is 0 Å². The van der Waals surface area contributed by atoms with Crippen molar-refractivity contribution in [3.05, 3.63) is 18.3 Å². The van der Waals surface area contributed by atoms with E-state index in [4.69, 9.17) is 10.5 Å². The van der Waals surface area contributed by atoms with Gasteiger partial charge in [0.25, 0.3) is 0 Å². The van der Waals surface area contributed by atoms with Crippen molar-refractivity contribution in [2.24, 2.45) is 0 Å². The number of aromatic nitrogens is 1. The van der Waals surface area contributed by atoms with Gasteiger partial charge in [-0.1, -0.05) is 6.92 Å². The van der Waals surface area contributed by atoms with Gasteiger partial charge in [-0.25, -0.2) is 4.98 Å². The van der Waals surface area contributed by atoms with Crippen molar-refractivity contribution < 1.29 is 4.74 Å². The summed E-state index contributed by atoms with van der Waals surface area (Å²) in [5.41, 5.74) is 6.33. The van der Waals surface area contributed by atoms with Gasteiger partial charge in [-0.3, -0.25) is 0 Å². The maximum atomic E-state index is 5.62. The van der Waals surface area contributed by atoms with Crippen molar-refractivity contribution in [2.45, 2.75) is 19.4 Å². The first-order valence-corrected chi connectivity index (χ1v) is 5.37. The summed E-state index contributed by atoms with van der Waals surface area (Å²) in [5, 5.41) is 0. The number of nitrogen functional groups attached to an aromatic ring is 1. The van der Waals surface area contributed by atoms with Crippen molar-refractivity contribution in [1.29, 1.82) is 0 Å². The van der Waals surface area contributed by atoms with Crippen LogP contribution in [0.4, 0.5) is 11.5 Å². The molecule has 1 aliphatic heterocycles. The molecule has 0 saturated carbocycles. The molecule has 4 heteroatoms. The van der Waals surface area contributed by atoms with Crippen molar-refractivity contribution in [3.63, 3.8) is 0 Å². The third-order valence-electron chi connectivity index (χ3n) is 2.76. The number of morpholine rings is 1. The van der Waals surface area contributed by atoms with Crippen LogP contribution in [-0.2, 0) is 4.74 Å². The molecule has 0 aromatic carbocycles. The van der Waals surface area contributed by atoms with Crippen LogP contribution in [0.5, 0.6) is 0 Å². The van der Waals surface area contributed by atoms with Gasteiger partial charge in [0, 0.05) is 6.54 Å². The molecule has 1 fully saturated rings. The molecule has 2 N–H and O–H groups in total. The second-order valence-electron chi connectivity index (χ2n) is 3.78. The van der Waals surface area contributed by atoms with Gasteiger partial charge in [0.05, 0.1) is 31.1 Å². The standard InChI is InChI=1S/C11H17N3O/c1-2-10-8-15-6-5-14(10)11-4-3-9(12)7-13-11/h3-4,7,10H,2,5-6,8,12H2,1H3. The highest BCUT2D eigenvalue weighted by molar-refractivity contribution is 5.46. The Hall–Kier alpha value is -1.29. The van der Waals surface area contributed by atoms with Crippen LogP contribution in [0.1, 0.15) is 13.3 Å². The number of ether oxygens (including phenoxy) is 1. The Morgan fingerprint density at radius 3 is 3.13 bits per heavy atom. The second kappa shape index (κ2) is 4.49. The molecule has 1 unspecified atom stereocenters. The maximum absolute atomic E-state index is 5.62. The van der Waals surface area contributed by atoms with Gasteiger partial charge in [-0.05, 0) is 18.6 Å². The van der Waals surface area contributed by atoms with Gasteiger partial charge in [0.2, 0.25) is 0 Å². The molecule has 1 aromatic heterocycles. The van der Waals surface area contributed by atoms with E-state index >= 15 is 0 Å². The van der Waals surface area contributed by atoms with Gasteiger partial charge in [0.1, 0.15) is 5.82 Å². The summed E-state index contributed by atoms with van der Waals surface area (Å²) < 4.78 is 5.45. The lowest BCUT2D eigenvalue weighted by Crippen LogP contribution is -2.45. The van der Waals surface area contributed by atoms with Crippen LogP contribution in [-0.4, -0.2) is 30.8 Å². The van der Waals surface area contributed by atoms with Gasteiger partial charge in [-0.15, -0.1) is 0 Å². The van der Waals surface area contributed by atoms with E-state index in [1.165, 1.54) is 0 Å². The first kappa shape index (κ1) is 10.2. The van der Waals surface area contributed by atoms with Crippen molar-refractivity contribution >= 4 is 11.5 Å². The third-order valence-corrected chi connectivity index (χ3v) is 2.76. The topological polar surface area (TPSA) is 51.4 Å². The van der Waals surface area contributed by atoms with Crippen LogP contribution in [0.25, 0.3) is 0 Å². The summed E-state index contributed by atoms with van der Waals surface area (Å²) in [6.45, 7) is 4.66. The number of anilines is 2. The summed E-state index contributed by atoms with van der Waals surface area (Å²) in [5.74, 6) is 0.999. The van der Waals surface area contributed by atoms with Crippen molar-refractivity contribution in [1.82, 2.24) is 4.98 Å². The summed E-state index contributed by atoms with van der Waals surface area (Å²) in [6.07, 6.45) is 2.78. The first-order valence-electron chi connectivity index (χ1n) is 5.37. The van der Waals surface area contributed by atoms with Crippen LogP contribution in [0.15, 0.2) is 18.3 Å². The molecule has 82 valence electrons. The average molecular weight is 207 g/mol. The minimum atomic E-state index is 0.440. The molecule has 0 radical (unpaired) electrons. The van der Waals surface area contributed by atoms with E-state index in [1.807, 2.05) is 12.1 Å². The zero-order chi connectivity index (χ0) is 10.7. The molecule has 0 amide bonds. The minimum absolute atomic E-state index is 0.440. The molecule has 15 heavy (non-hydrogen) atoms. The molecule has 1 aliphatic rings. The number of hydrogen-bond donors (Lipinski definition) is 1. The molecule has 2 rings (SSSR count). The molecule has 2 heterocycles. The smallest absolute Gasteiger partial charge is 0.129 e. The summed E-state index contributed by atoms with van der Waals surface area (Å²) in [7, 11) is 0. The largest absolute Gasteiger partial charge is 0.397 e. The fourth-order valence-electron chi connectivity index (χ4n) is 1.86. The summed E-state index contributed by atoms with van der Waals surface area (Å²) >= 11 is 0. The van der Waals surface area contributed by atoms with Gasteiger partial charge in [0.15, 0.2) is 0 Å². The Labute approximate surface area is 90.0 Å². The van der Waals surface area contributed by atoms with Gasteiger partial charge < -0.3 is 15.4 Å². The third kappa shape index (κ3) is 2.21. The molecule has 1 aromatic rings. The monoisotopic (exact) mass is 207 g/mol. The lowest BCUT2D eigenvalue weighted by molar-refractivity contribution is 0.0926. The molecule has 1 atom stereocenters. The molecule has 1 saturated heterocycles. The second-order valence-corrected chi connectivity index (χ2v) is 3.78. The van der Waals surface area contributed by atoms with Crippen LogP contribution < -0.4 is 10.6 Å². The SMILES string of the molecule is CCC1COCCN1c1ccc(N)cn1. The summed E-state index contributed by atoms with van der Waals surface area (Å²) in [6, 6.07) is 4.31. The number of hydrogen-bond acceptors (Lipinski definition) is 4. The lowest BCUT2D eigenvalue weighted by Gasteiger charge is -2.35. The van der Waals surface area contributed by atoms with E-state index in [2.05, 4.69) is 16.8 Å². The van der Waals surface area contributed by atoms with E-state index < -0.39 is 0 Å². The highest BCUT2D eigenvalue weighted by atomic mass is 16.5. The molecule has 0 aliphatic carbocycles. The first-order chi connectivity index (χ1) is 7.31. The predicted molar refractivity (Wildman–Crippen MR) is 60.9 cm³/mol. The van der Waals surface area contributed by atoms with E-state index in [0.717, 1.165) is 32.0 Å². The number of nitrogens with two attached hydrogens (primary N) is 1. The molecular weight excluding hydrogens is 190 g/mol. The van der Waals surface area contributed by atoms with Crippen molar-refractivity contribution in [3.8, 4) is 0 Å². The number of nitrogens with zero attached hydrogens (tertiary/aromatic N) is 2. The molecule has 0 spiro atoms. The van der Waals surface area contributed by atoms with Crippen molar-refractivity contribution in [2.75, 3.05) is 30.4 Å². The molecule has 0 bridgehead atoms. The van der Waals surface area contributed by atoms with E-state index in [1.54, 1.807) is 6.20 Å². The average Bonchev–Trinajstić information content (AvgIpc) is 2.30. The van der Waals surface area contributed by atoms with Crippen LogP contribution in [0.2, 0.25) is 0 Å². The lowest BCUT2D eigenvalue weighted by atomic mass is 10.2. The Kier molecular flexibility index (Phi) is 3.06. The molecular formula is C11H17N3O. The highest BCUT2D eigenvalue weighted by Crippen LogP contribution is 2.19. The predicted octanol–water partition coefficient (Wildman–Crippen LogP) is 1.28. The number of pyridine rings is 1. The summed E-state index contributed by atoms with van der Waals surface area (Å²) in [4.78, 5) is 6.64. The molecule has 4 nitrogen and oxygen atoms in total. The Morgan fingerprint density at radius 1 is 1.60 bits per heavy atom. The zero-order valence-electron chi connectivity index (χ0n) is 9.02. The highest BCUT2D eigenvalue weighted by Gasteiger charge is 2.22. The van der Waals surface area contributed by atoms with E-state index in [0.29, 0.717) is 11.7 Å². The Morgan fingerprint density at radius 2 is 2.47 bits per heavy atom. The fraction of sp³-hybridized carbons (Fsp3) is 0.545. The fourth-order valence-corrected chi connectivity index (χ4v) is 1.86. The normalized spacial score (nSPS) is 21.7. The van der Waals surface area contributed by atoms with E-state index in [-0.39, 0.29) is 0 Å². The minimum Gasteiger partial charge on any atom is -0.397 e. The van der Waals surface area contributed by atoms with E-state index in [9.17, 15) is 0 Å². The maximum Gasteiger partial charge on any atom is 0.129 e. The van der Waals surface area contributed by atoms with Gasteiger partial charge in [-0.2, -0.15) is 0 Å². The Bertz CT molecular complexity index is 312. The Balaban J connectivity index is 2.16. The zero-order valence-corrected chi connectivity index (χ0v) is 9.02. The van der Waals surface area contributed by atoms with Crippen LogP contribution in [0.3, 0.4) is 0 Å².